The average molecular weight is 308 g/mol. The molecule has 1 saturated heterocycles. The molecule has 21 heavy (non-hydrogen) atoms. The molecule has 0 aromatic carbocycles. The van der Waals surface area contributed by atoms with Crippen LogP contribution in [0.1, 0.15) is 31.9 Å². The number of thioether (sulfide) groups is 1. The summed E-state index contributed by atoms with van der Waals surface area (Å²) in [6.45, 7) is 8.40. The lowest BCUT2D eigenvalue weighted by Gasteiger charge is -2.39. The number of rotatable bonds is 2. The predicted octanol–water partition coefficient (Wildman–Crippen LogP) is 1.13. The molecular formula is C14H24N6S. The predicted molar refractivity (Wildman–Crippen MR) is 86.7 cm³/mol. The normalized spacial score (nSPS) is 21.5. The Bertz CT molecular complexity index is 536. The molecular weight excluding hydrogens is 284 g/mol. The topological polar surface area (TPSA) is 58.3 Å². The molecule has 0 spiro atoms. The Labute approximate surface area is 130 Å². The van der Waals surface area contributed by atoms with Crippen LogP contribution in [0.25, 0.3) is 0 Å². The third kappa shape index (κ3) is 3.17. The number of aliphatic imine (C=N–C) groups is 1. The van der Waals surface area contributed by atoms with Gasteiger partial charge in [0.25, 0.3) is 0 Å². The summed E-state index contributed by atoms with van der Waals surface area (Å²) < 4.78 is 2.52. The van der Waals surface area contributed by atoms with Gasteiger partial charge in [0.2, 0.25) is 0 Å². The Morgan fingerprint density at radius 1 is 1.38 bits per heavy atom. The summed E-state index contributed by atoms with van der Waals surface area (Å²) in [4.78, 5) is 6.78. The monoisotopic (exact) mass is 308 g/mol. The van der Waals surface area contributed by atoms with Gasteiger partial charge in [-0.05, 0) is 20.3 Å². The van der Waals surface area contributed by atoms with Gasteiger partial charge in [-0.15, -0.1) is 10.2 Å². The molecule has 0 radical (unpaired) electrons. The number of nitrogens with one attached hydrogen (secondary N) is 1. The molecule has 0 aliphatic carbocycles. The highest BCUT2D eigenvalue weighted by Crippen LogP contribution is 2.29. The summed E-state index contributed by atoms with van der Waals surface area (Å²) in [5.74, 6) is 4.26. The molecule has 0 bridgehead atoms. The van der Waals surface area contributed by atoms with Crippen molar-refractivity contribution in [1.82, 2.24) is 25.0 Å². The van der Waals surface area contributed by atoms with Crippen molar-refractivity contribution in [2.75, 3.05) is 25.9 Å². The molecule has 3 heterocycles. The van der Waals surface area contributed by atoms with Gasteiger partial charge < -0.3 is 14.8 Å². The number of hydrogen-bond donors (Lipinski definition) is 1. The van der Waals surface area contributed by atoms with Crippen molar-refractivity contribution >= 4 is 17.7 Å². The summed E-state index contributed by atoms with van der Waals surface area (Å²) in [6.07, 6.45) is 2.24. The third-order valence-corrected chi connectivity index (χ3v) is 5.32. The Kier molecular flexibility index (Phi) is 4.10. The van der Waals surface area contributed by atoms with Crippen molar-refractivity contribution in [1.29, 1.82) is 0 Å². The summed E-state index contributed by atoms with van der Waals surface area (Å²) in [5.41, 5.74) is 0. The SMILES string of the molecule is CN=C(NCc1nnc2n1CCC2)N1CCSC(C)(C)C1. The zero-order chi connectivity index (χ0) is 14.9. The lowest BCUT2D eigenvalue weighted by Crippen LogP contribution is -2.50. The first-order valence-corrected chi connectivity index (χ1v) is 8.58. The highest BCUT2D eigenvalue weighted by Gasteiger charge is 2.28. The minimum Gasteiger partial charge on any atom is -0.349 e. The lowest BCUT2D eigenvalue weighted by molar-refractivity contribution is 0.375. The second-order valence-corrected chi connectivity index (χ2v) is 8.02. The molecule has 0 saturated carbocycles. The fourth-order valence-electron chi connectivity index (χ4n) is 3.03. The molecule has 3 rings (SSSR count). The van der Waals surface area contributed by atoms with Crippen LogP contribution in [0.15, 0.2) is 4.99 Å². The summed E-state index contributed by atoms with van der Waals surface area (Å²) in [6, 6.07) is 0. The molecule has 6 nitrogen and oxygen atoms in total. The minimum absolute atomic E-state index is 0.284. The summed E-state index contributed by atoms with van der Waals surface area (Å²) >= 11 is 2.03. The van der Waals surface area contributed by atoms with Gasteiger partial charge in [-0.3, -0.25) is 4.99 Å². The summed E-state index contributed by atoms with van der Waals surface area (Å²) in [5, 5.41) is 12.0. The molecule has 0 atom stereocenters. The zero-order valence-electron chi connectivity index (χ0n) is 13.1. The van der Waals surface area contributed by atoms with E-state index in [4.69, 9.17) is 0 Å². The van der Waals surface area contributed by atoms with Gasteiger partial charge in [0, 0.05) is 43.6 Å². The second-order valence-electron chi connectivity index (χ2n) is 6.22. The van der Waals surface area contributed by atoms with Gasteiger partial charge in [0.15, 0.2) is 11.8 Å². The van der Waals surface area contributed by atoms with Crippen LogP contribution in [-0.4, -0.2) is 56.3 Å². The van der Waals surface area contributed by atoms with E-state index < -0.39 is 0 Å². The van der Waals surface area contributed by atoms with E-state index in [1.165, 1.54) is 6.42 Å². The van der Waals surface area contributed by atoms with Crippen molar-refractivity contribution in [2.24, 2.45) is 4.99 Å². The van der Waals surface area contributed by atoms with Gasteiger partial charge >= 0.3 is 0 Å². The van der Waals surface area contributed by atoms with Crippen LogP contribution in [-0.2, 0) is 19.5 Å². The molecule has 0 unspecified atom stereocenters. The van der Waals surface area contributed by atoms with Gasteiger partial charge in [-0.1, -0.05) is 0 Å². The van der Waals surface area contributed by atoms with Crippen molar-refractivity contribution in [3.63, 3.8) is 0 Å². The number of fused-ring (bicyclic) bond motifs is 1. The first-order chi connectivity index (χ1) is 10.1. The van der Waals surface area contributed by atoms with Crippen molar-refractivity contribution in [3.8, 4) is 0 Å². The fraction of sp³-hybridized carbons (Fsp3) is 0.786. The quantitative estimate of drug-likeness (QED) is 0.655. The lowest BCUT2D eigenvalue weighted by atomic mass is 10.2. The van der Waals surface area contributed by atoms with Crippen LogP contribution in [0.2, 0.25) is 0 Å². The first kappa shape index (κ1) is 14.7. The molecule has 0 amide bonds. The number of nitrogens with zero attached hydrogens (tertiary/aromatic N) is 5. The van der Waals surface area contributed by atoms with E-state index in [1.54, 1.807) is 0 Å². The fourth-order valence-corrected chi connectivity index (χ4v) is 4.14. The van der Waals surface area contributed by atoms with E-state index in [2.05, 4.69) is 43.8 Å². The van der Waals surface area contributed by atoms with Gasteiger partial charge in [0.05, 0.1) is 6.54 Å². The second kappa shape index (κ2) is 5.87. The van der Waals surface area contributed by atoms with E-state index in [0.717, 1.165) is 49.4 Å². The standard InChI is InChI=1S/C14H24N6S/c1-14(2)10-19(7-8-21-14)13(15-3)16-9-12-18-17-11-5-4-6-20(11)12/h4-10H2,1-3H3,(H,15,16). The maximum atomic E-state index is 4.44. The van der Waals surface area contributed by atoms with E-state index in [0.29, 0.717) is 6.54 Å². The number of guanidine groups is 1. The largest absolute Gasteiger partial charge is 0.349 e. The molecule has 1 fully saturated rings. The molecule has 1 aromatic heterocycles. The number of hydrogen-bond acceptors (Lipinski definition) is 4. The molecule has 116 valence electrons. The Morgan fingerprint density at radius 3 is 3.00 bits per heavy atom. The number of aryl methyl sites for hydroxylation is 1. The van der Waals surface area contributed by atoms with E-state index in [-0.39, 0.29) is 4.75 Å². The Hall–Kier alpha value is -1.24. The number of aromatic nitrogens is 3. The minimum atomic E-state index is 0.284. The van der Waals surface area contributed by atoms with E-state index in [9.17, 15) is 0 Å². The average Bonchev–Trinajstić information content (AvgIpc) is 3.02. The van der Waals surface area contributed by atoms with Crippen molar-refractivity contribution in [3.05, 3.63) is 11.6 Å². The van der Waals surface area contributed by atoms with Crippen LogP contribution in [0.4, 0.5) is 0 Å². The van der Waals surface area contributed by atoms with Crippen LogP contribution in [0.3, 0.4) is 0 Å². The van der Waals surface area contributed by atoms with Crippen LogP contribution >= 0.6 is 11.8 Å². The molecule has 1 N–H and O–H groups in total. The van der Waals surface area contributed by atoms with Crippen LogP contribution < -0.4 is 5.32 Å². The van der Waals surface area contributed by atoms with Crippen LogP contribution in [0.5, 0.6) is 0 Å². The van der Waals surface area contributed by atoms with Crippen molar-refractivity contribution < 1.29 is 0 Å². The molecule has 7 heteroatoms. The Balaban J connectivity index is 1.62. The maximum Gasteiger partial charge on any atom is 0.194 e. The van der Waals surface area contributed by atoms with E-state index in [1.807, 2.05) is 18.8 Å². The molecule has 2 aliphatic heterocycles. The smallest absolute Gasteiger partial charge is 0.194 e. The zero-order valence-corrected chi connectivity index (χ0v) is 13.9. The molecule has 1 aromatic rings. The Morgan fingerprint density at radius 2 is 2.24 bits per heavy atom. The maximum absolute atomic E-state index is 4.44. The summed E-state index contributed by atoms with van der Waals surface area (Å²) in [7, 11) is 1.85. The third-order valence-electron chi connectivity index (χ3n) is 4.03. The van der Waals surface area contributed by atoms with Crippen molar-refractivity contribution in [2.45, 2.75) is 44.5 Å². The van der Waals surface area contributed by atoms with Crippen LogP contribution in [0, 0.1) is 0 Å². The van der Waals surface area contributed by atoms with Gasteiger partial charge in [-0.2, -0.15) is 11.8 Å². The van der Waals surface area contributed by atoms with Gasteiger partial charge in [-0.25, -0.2) is 0 Å². The van der Waals surface area contributed by atoms with Gasteiger partial charge in [0.1, 0.15) is 5.82 Å². The first-order valence-electron chi connectivity index (χ1n) is 7.59. The van der Waals surface area contributed by atoms with E-state index >= 15 is 0 Å². The highest BCUT2D eigenvalue weighted by molar-refractivity contribution is 8.00. The molecule has 2 aliphatic rings. The highest BCUT2D eigenvalue weighted by atomic mass is 32.2.